The van der Waals surface area contributed by atoms with E-state index in [4.69, 9.17) is 5.26 Å². The highest BCUT2D eigenvalue weighted by Gasteiger charge is 2.07. The van der Waals surface area contributed by atoms with E-state index in [1.165, 1.54) is 13.3 Å². The third-order valence-corrected chi connectivity index (χ3v) is 2.60. The zero-order valence-electron chi connectivity index (χ0n) is 11.0. The van der Waals surface area contributed by atoms with Crippen LogP contribution in [0.25, 0.3) is 0 Å². The van der Waals surface area contributed by atoms with Crippen LogP contribution in [0.5, 0.6) is 0 Å². The van der Waals surface area contributed by atoms with E-state index in [-0.39, 0.29) is 0 Å². The fourth-order valence-electron chi connectivity index (χ4n) is 1.59. The number of hydrogen-bond donors (Lipinski definition) is 1. The Bertz CT molecular complexity index is 675. The molecule has 0 aliphatic rings. The largest absolute Gasteiger partial charge is 0.465 e. The minimum absolute atomic E-state index is 0.354. The SMILES string of the molecule is COC(=O)c1ccc(Nc2nc(C)ncc2C#N)cc1. The molecule has 100 valence electrons. The van der Waals surface area contributed by atoms with Crippen molar-refractivity contribution in [1.29, 1.82) is 5.26 Å². The smallest absolute Gasteiger partial charge is 0.337 e. The van der Waals surface area contributed by atoms with Crippen molar-refractivity contribution >= 4 is 17.5 Å². The maximum atomic E-state index is 11.3. The number of nitriles is 1. The summed E-state index contributed by atoms with van der Waals surface area (Å²) in [5.41, 5.74) is 1.53. The predicted molar refractivity (Wildman–Crippen MR) is 72.5 cm³/mol. The van der Waals surface area contributed by atoms with E-state index in [0.29, 0.717) is 28.5 Å². The van der Waals surface area contributed by atoms with E-state index in [9.17, 15) is 4.79 Å². The molecule has 6 nitrogen and oxygen atoms in total. The van der Waals surface area contributed by atoms with Crippen LogP contribution in [0.15, 0.2) is 30.5 Å². The first-order valence-electron chi connectivity index (χ1n) is 5.83. The van der Waals surface area contributed by atoms with Crippen molar-refractivity contribution in [3.05, 3.63) is 47.4 Å². The minimum Gasteiger partial charge on any atom is -0.465 e. The van der Waals surface area contributed by atoms with Crippen LogP contribution in [-0.4, -0.2) is 23.0 Å². The van der Waals surface area contributed by atoms with Crippen molar-refractivity contribution in [2.45, 2.75) is 6.92 Å². The number of benzene rings is 1. The van der Waals surface area contributed by atoms with Crippen molar-refractivity contribution in [2.24, 2.45) is 0 Å². The molecule has 1 heterocycles. The summed E-state index contributed by atoms with van der Waals surface area (Å²) in [7, 11) is 1.33. The highest BCUT2D eigenvalue weighted by molar-refractivity contribution is 5.89. The first-order valence-corrected chi connectivity index (χ1v) is 5.83. The number of anilines is 2. The van der Waals surface area contributed by atoms with Gasteiger partial charge in [-0.15, -0.1) is 0 Å². The van der Waals surface area contributed by atoms with Gasteiger partial charge in [-0.3, -0.25) is 0 Å². The highest BCUT2D eigenvalue weighted by Crippen LogP contribution is 2.18. The van der Waals surface area contributed by atoms with Crippen molar-refractivity contribution in [1.82, 2.24) is 9.97 Å². The van der Waals surface area contributed by atoms with Gasteiger partial charge in [0.2, 0.25) is 0 Å². The maximum absolute atomic E-state index is 11.3. The standard InChI is InChI=1S/C14H12N4O2/c1-9-16-8-11(7-15)13(17-9)18-12-5-3-10(4-6-12)14(19)20-2/h3-6,8H,1-2H3,(H,16,17,18). The molecule has 0 radical (unpaired) electrons. The number of aromatic nitrogens is 2. The molecule has 20 heavy (non-hydrogen) atoms. The third-order valence-electron chi connectivity index (χ3n) is 2.60. The van der Waals surface area contributed by atoms with E-state index in [2.05, 4.69) is 20.0 Å². The molecule has 0 fully saturated rings. The average molecular weight is 268 g/mol. The predicted octanol–water partition coefficient (Wildman–Crippen LogP) is 2.19. The summed E-state index contributed by atoms with van der Waals surface area (Å²) >= 11 is 0. The molecule has 6 heteroatoms. The highest BCUT2D eigenvalue weighted by atomic mass is 16.5. The second-order valence-corrected chi connectivity index (χ2v) is 3.99. The van der Waals surface area contributed by atoms with Crippen LogP contribution in [0.1, 0.15) is 21.7 Å². The monoisotopic (exact) mass is 268 g/mol. The van der Waals surface area contributed by atoms with Gasteiger partial charge in [0.1, 0.15) is 17.5 Å². The van der Waals surface area contributed by atoms with Crippen molar-refractivity contribution in [3.8, 4) is 6.07 Å². The number of esters is 1. The number of nitrogens with zero attached hydrogens (tertiary/aromatic N) is 3. The van der Waals surface area contributed by atoms with Crippen LogP contribution >= 0.6 is 0 Å². The zero-order chi connectivity index (χ0) is 14.5. The molecule has 1 aromatic heterocycles. The second-order valence-electron chi connectivity index (χ2n) is 3.99. The molecule has 0 bridgehead atoms. The van der Waals surface area contributed by atoms with E-state index < -0.39 is 5.97 Å². The Labute approximate surface area is 116 Å². The molecule has 2 rings (SSSR count). The lowest BCUT2D eigenvalue weighted by Gasteiger charge is -2.08. The number of ether oxygens (including phenoxy) is 1. The molecular formula is C14H12N4O2. The lowest BCUT2D eigenvalue weighted by Crippen LogP contribution is -2.02. The minimum atomic E-state index is -0.396. The molecule has 0 saturated heterocycles. The number of methoxy groups -OCH3 is 1. The van der Waals surface area contributed by atoms with Gasteiger partial charge in [0.05, 0.1) is 18.9 Å². The lowest BCUT2D eigenvalue weighted by atomic mass is 10.2. The van der Waals surface area contributed by atoms with Gasteiger partial charge >= 0.3 is 5.97 Å². The molecular weight excluding hydrogens is 256 g/mol. The Hall–Kier alpha value is -2.94. The normalized spacial score (nSPS) is 9.65. The van der Waals surface area contributed by atoms with Crippen LogP contribution in [0.3, 0.4) is 0 Å². The fraction of sp³-hybridized carbons (Fsp3) is 0.143. The summed E-state index contributed by atoms with van der Waals surface area (Å²) in [4.78, 5) is 19.5. The molecule has 0 saturated carbocycles. The van der Waals surface area contributed by atoms with Crippen LogP contribution in [0, 0.1) is 18.3 Å². The van der Waals surface area contributed by atoms with E-state index in [1.807, 2.05) is 6.07 Å². The summed E-state index contributed by atoms with van der Waals surface area (Å²) in [5.74, 6) is 0.607. The number of hydrogen-bond acceptors (Lipinski definition) is 6. The molecule has 0 unspecified atom stereocenters. The van der Waals surface area contributed by atoms with Gasteiger partial charge < -0.3 is 10.1 Å². The van der Waals surface area contributed by atoms with Gasteiger partial charge in [0.25, 0.3) is 0 Å². The summed E-state index contributed by atoms with van der Waals surface area (Å²) < 4.78 is 4.62. The number of carbonyl (C=O) groups excluding carboxylic acids is 1. The molecule has 0 amide bonds. The zero-order valence-corrected chi connectivity index (χ0v) is 11.0. The molecule has 2 aromatic rings. The molecule has 1 aromatic carbocycles. The third kappa shape index (κ3) is 2.90. The first kappa shape index (κ1) is 13.5. The Kier molecular flexibility index (Phi) is 3.91. The number of aryl methyl sites for hydroxylation is 1. The van der Waals surface area contributed by atoms with Gasteiger partial charge in [0.15, 0.2) is 5.82 Å². The van der Waals surface area contributed by atoms with Crippen LogP contribution in [-0.2, 0) is 4.74 Å². The van der Waals surface area contributed by atoms with Gasteiger partial charge in [-0.2, -0.15) is 5.26 Å². The van der Waals surface area contributed by atoms with Crippen LogP contribution in [0.4, 0.5) is 11.5 Å². The maximum Gasteiger partial charge on any atom is 0.337 e. The Morgan fingerprint density at radius 3 is 2.65 bits per heavy atom. The van der Waals surface area contributed by atoms with Gasteiger partial charge in [-0.05, 0) is 31.2 Å². The number of carbonyl (C=O) groups is 1. The molecule has 0 spiro atoms. The van der Waals surface area contributed by atoms with Crippen LogP contribution < -0.4 is 5.32 Å². The second kappa shape index (κ2) is 5.80. The van der Waals surface area contributed by atoms with Crippen LogP contribution in [0.2, 0.25) is 0 Å². The quantitative estimate of drug-likeness (QED) is 0.858. The first-order chi connectivity index (χ1) is 9.63. The number of nitrogens with one attached hydrogen (secondary N) is 1. The lowest BCUT2D eigenvalue weighted by molar-refractivity contribution is 0.0601. The van der Waals surface area contributed by atoms with Gasteiger partial charge in [-0.1, -0.05) is 0 Å². The Balaban J connectivity index is 2.25. The molecule has 0 aliphatic heterocycles. The average Bonchev–Trinajstić information content (AvgIpc) is 2.47. The van der Waals surface area contributed by atoms with E-state index in [0.717, 1.165) is 0 Å². The molecule has 1 N–H and O–H groups in total. The summed E-state index contributed by atoms with van der Waals surface area (Å²) in [5, 5.41) is 12.0. The topological polar surface area (TPSA) is 87.9 Å². The van der Waals surface area contributed by atoms with Gasteiger partial charge in [-0.25, -0.2) is 14.8 Å². The fourth-order valence-corrected chi connectivity index (χ4v) is 1.59. The Morgan fingerprint density at radius 2 is 2.05 bits per heavy atom. The molecule has 0 atom stereocenters. The van der Waals surface area contributed by atoms with E-state index >= 15 is 0 Å². The molecule has 0 aliphatic carbocycles. The van der Waals surface area contributed by atoms with Gasteiger partial charge in [0, 0.05) is 5.69 Å². The van der Waals surface area contributed by atoms with E-state index in [1.54, 1.807) is 31.2 Å². The summed E-state index contributed by atoms with van der Waals surface area (Å²) in [6.07, 6.45) is 1.47. The summed E-state index contributed by atoms with van der Waals surface area (Å²) in [6, 6.07) is 8.71. The van der Waals surface area contributed by atoms with Crippen molar-refractivity contribution in [2.75, 3.05) is 12.4 Å². The number of rotatable bonds is 3. The van der Waals surface area contributed by atoms with Crippen molar-refractivity contribution < 1.29 is 9.53 Å². The Morgan fingerprint density at radius 1 is 1.35 bits per heavy atom. The summed E-state index contributed by atoms with van der Waals surface area (Å²) in [6.45, 7) is 1.74. The van der Waals surface area contributed by atoms with Crippen molar-refractivity contribution in [3.63, 3.8) is 0 Å².